The molecule has 0 unspecified atom stereocenters. The number of benzene rings is 1. The molecule has 0 bridgehead atoms. The molecule has 0 aliphatic carbocycles. The van der Waals surface area contributed by atoms with E-state index < -0.39 is 6.29 Å². The largest absolute Gasteiger partial charge is 0.586 e. The summed E-state index contributed by atoms with van der Waals surface area (Å²) in [6.45, 7) is 2.11. The molecule has 0 saturated carbocycles. The van der Waals surface area contributed by atoms with Crippen molar-refractivity contribution in [3.8, 4) is 11.5 Å². The highest BCUT2D eigenvalue weighted by Gasteiger charge is 2.43. The monoisotopic (exact) mass is 272 g/mol. The number of carbonyl (C=O) groups is 1. The molecular formula is C13H14F2O4. The molecule has 0 saturated heterocycles. The van der Waals surface area contributed by atoms with Crippen LogP contribution in [0, 0.1) is 0 Å². The van der Waals surface area contributed by atoms with Crippen LogP contribution in [0.2, 0.25) is 0 Å². The van der Waals surface area contributed by atoms with Gasteiger partial charge in [-0.25, -0.2) is 0 Å². The van der Waals surface area contributed by atoms with Gasteiger partial charge in [0.2, 0.25) is 0 Å². The first-order chi connectivity index (χ1) is 9.00. The van der Waals surface area contributed by atoms with Crippen LogP contribution in [0.4, 0.5) is 8.78 Å². The lowest BCUT2D eigenvalue weighted by Crippen LogP contribution is -2.25. The predicted octanol–water partition coefficient (Wildman–Crippen LogP) is 2.89. The van der Waals surface area contributed by atoms with E-state index in [1.54, 1.807) is 13.0 Å². The smallest absolute Gasteiger partial charge is 0.466 e. The lowest BCUT2D eigenvalue weighted by molar-refractivity contribution is -0.286. The van der Waals surface area contributed by atoms with Gasteiger partial charge in [0, 0.05) is 6.42 Å². The van der Waals surface area contributed by atoms with Gasteiger partial charge in [0.15, 0.2) is 11.5 Å². The summed E-state index contributed by atoms with van der Waals surface area (Å²) in [5.41, 5.74) is 0.810. The van der Waals surface area contributed by atoms with E-state index in [1.807, 2.05) is 0 Å². The number of carbonyl (C=O) groups excluding carboxylic acids is 1. The van der Waals surface area contributed by atoms with Crippen LogP contribution in [0.3, 0.4) is 0 Å². The fourth-order valence-corrected chi connectivity index (χ4v) is 1.82. The van der Waals surface area contributed by atoms with Gasteiger partial charge in [-0.2, -0.15) is 0 Å². The van der Waals surface area contributed by atoms with E-state index in [-0.39, 0.29) is 17.5 Å². The van der Waals surface area contributed by atoms with E-state index in [0.29, 0.717) is 25.9 Å². The van der Waals surface area contributed by atoms with Crippen molar-refractivity contribution in [2.24, 2.45) is 0 Å². The highest BCUT2D eigenvalue weighted by Crippen LogP contribution is 2.41. The first kappa shape index (κ1) is 13.6. The maximum Gasteiger partial charge on any atom is 0.586 e. The number of fused-ring (bicyclic) bond motifs is 1. The third-order valence-corrected chi connectivity index (χ3v) is 2.62. The molecule has 19 heavy (non-hydrogen) atoms. The fraction of sp³-hybridized carbons (Fsp3) is 0.462. The molecule has 0 amide bonds. The molecule has 0 radical (unpaired) electrons. The summed E-state index contributed by atoms with van der Waals surface area (Å²) in [6, 6.07) is 4.62. The Morgan fingerprint density at radius 1 is 1.32 bits per heavy atom. The van der Waals surface area contributed by atoms with Crippen LogP contribution in [-0.2, 0) is 16.0 Å². The lowest BCUT2D eigenvalue weighted by Gasteiger charge is -2.04. The van der Waals surface area contributed by atoms with Gasteiger partial charge in [0.05, 0.1) is 6.61 Å². The van der Waals surface area contributed by atoms with Gasteiger partial charge in [-0.05, 0) is 37.5 Å². The zero-order valence-corrected chi connectivity index (χ0v) is 10.4. The van der Waals surface area contributed by atoms with Crippen LogP contribution in [0.25, 0.3) is 0 Å². The average molecular weight is 272 g/mol. The third-order valence-electron chi connectivity index (χ3n) is 2.62. The Labute approximate surface area is 109 Å². The minimum Gasteiger partial charge on any atom is -0.466 e. The van der Waals surface area contributed by atoms with Crippen LogP contribution in [0.5, 0.6) is 11.5 Å². The van der Waals surface area contributed by atoms with Crippen molar-refractivity contribution >= 4 is 5.97 Å². The number of halogens is 2. The fourth-order valence-electron chi connectivity index (χ4n) is 1.82. The summed E-state index contributed by atoms with van der Waals surface area (Å²) < 4.78 is 39.1. The highest BCUT2D eigenvalue weighted by atomic mass is 19.3. The molecule has 4 nitrogen and oxygen atoms in total. The van der Waals surface area contributed by atoms with Crippen molar-refractivity contribution < 1.29 is 27.8 Å². The summed E-state index contributed by atoms with van der Waals surface area (Å²) in [7, 11) is 0. The number of hydrogen-bond acceptors (Lipinski definition) is 4. The normalized spacial score (nSPS) is 15.3. The minimum absolute atomic E-state index is 0.0265. The molecule has 1 heterocycles. The van der Waals surface area contributed by atoms with Crippen LogP contribution in [-0.4, -0.2) is 18.9 Å². The van der Waals surface area contributed by atoms with Crippen molar-refractivity contribution in [3.05, 3.63) is 23.8 Å². The van der Waals surface area contributed by atoms with Crippen LogP contribution < -0.4 is 9.47 Å². The summed E-state index contributed by atoms with van der Waals surface area (Å²) in [6.07, 6.45) is -2.11. The van der Waals surface area contributed by atoms with Crippen LogP contribution in [0.15, 0.2) is 18.2 Å². The molecule has 0 aromatic heterocycles. The molecular weight excluding hydrogens is 258 g/mol. The molecule has 6 heteroatoms. The second kappa shape index (κ2) is 5.42. The van der Waals surface area contributed by atoms with E-state index in [4.69, 9.17) is 4.74 Å². The molecule has 104 valence electrons. The first-order valence-corrected chi connectivity index (χ1v) is 6.04. The van der Waals surface area contributed by atoms with Gasteiger partial charge < -0.3 is 14.2 Å². The molecule has 0 spiro atoms. The summed E-state index contributed by atoms with van der Waals surface area (Å²) in [5, 5.41) is 0. The summed E-state index contributed by atoms with van der Waals surface area (Å²) in [4.78, 5) is 11.1. The van der Waals surface area contributed by atoms with Gasteiger partial charge in [-0.1, -0.05) is 6.07 Å². The Kier molecular flexibility index (Phi) is 3.87. The molecule has 0 N–H and O–H groups in total. The number of ether oxygens (including phenoxy) is 3. The van der Waals surface area contributed by atoms with Crippen molar-refractivity contribution in [3.63, 3.8) is 0 Å². The second-order valence-electron chi connectivity index (χ2n) is 4.11. The number of aryl methyl sites for hydroxylation is 1. The molecule has 1 aromatic rings. The Balaban J connectivity index is 1.88. The van der Waals surface area contributed by atoms with Crippen molar-refractivity contribution in [2.75, 3.05) is 6.61 Å². The predicted molar refractivity (Wildman–Crippen MR) is 62.2 cm³/mol. The number of rotatable bonds is 5. The first-order valence-electron chi connectivity index (χ1n) is 6.04. The van der Waals surface area contributed by atoms with E-state index in [0.717, 1.165) is 5.56 Å². The minimum atomic E-state index is -3.59. The van der Waals surface area contributed by atoms with Crippen LogP contribution >= 0.6 is 0 Å². The zero-order chi connectivity index (χ0) is 13.9. The maximum absolute atomic E-state index is 12.8. The maximum atomic E-state index is 12.8. The summed E-state index contributed by atoms with van der Waals surface area (Å²) in [5.74, 6) is -0.201. The lowest BCUT2D eigenvalue weighted by atomic mass is 10.1. The molecule has 2 rings (SSSR count). The quantitative estimate of drug-likeness (QED) is 0.773. The number of hydrogen-bond donors (Lipinski definition) is 0. The van der Waals surface area contributed by atoms with E-state index in [1.165, 1.54) is 12.1 Å². The average Bonchev–Trinajstić information content (AvgIpc) is 2.62. The van der Waals surface area contributed by atoms with E-state index >= 15 is 0 Å². The number of esters is 1. The molecule has 1 aromatic carbocycles. The zero-order valence-electron chi connectivity index (χ0n) is 10.4. The Morgan fingerprint density at radius 3 is 2.79 bits per heavy atom. The Morgan fingerprint density at radius 2 is 2.05 bits per heavy atom. The van der Waals surface area contributed by atoms with E-state index in [2.05, 4.69) is 9.47 Å². The van der Waals surface area contributed by atoms with Gasteiger partial charge >= 0.3 is 12.3 Å². The van der Waals surface area contributed by atoms with E-state index in [9.17, 15) is 13.6 Å². The van der Waals surface area contributed by atoms with Crippen LogP contribution in [0.1, 0.15) is 25.3 Å². The highest BCUT2D eigenvalue weighted by molar-refractivity contribution is 5.69. The SMILES string of the molecule is CCOC(=O)CCCc1ccc2c(c1)OC(F)(F)O2. The molecule has 0 fully saturated rings. The summed E-state index contributed by atoms with van der Waals surface area (Å²) >= 11 is 0. The van der Waals surface area contributed by atoms with Gasteiger partial charge in [0.1, 0.15) is 0 Å². The number of alkyl halides is 2. The second-order valence-corrected chi connectivity index (χ2v) is 4.11. The van der Waals surface area contributed by atoms with Gasteiger partial charge in [-0.15, -0.1) is 8.78 Å². The Hall–Kier alpha value is -1.85. The van der Waals surface area contributed by atoms with Gasteiger partial charge in [-0.3, -0.25) is 4.79 Å². The van der Waals surface area contributed by atoms with Crippen molar-refractivity contribution in [1.29, 1.82) is 0 Å². The van der Waals surface area contributed by atoms with Gasteiger partial charge in [0.25, 0.3) is 0 Å². The molecule has 0 atom stereocenters. The van der Waals surface area contributed by atoms with Crippen molar-refractivity contribution in [1.82, 2.24) is 0 Å². The molecule has 1 aliphatic heterocycles. The Bertz CT molecular complexity index is 474. The third kappa shape index (κ3) is 3.56. The molecule has 1 aliphatic rings. The topological polar surface area (TPSA) is 44.8 Å². The van der Waals surface area contributed by atoms with Crippen molar-refractivity contribution in [2.45, 2.75) is 32.5 Å². The standard InChI is InChI=1S/C13H14F2O4/c1-2-17-12(16)5-3-4-9-6-7-10-11(8-9)19-13(14,15)18-10/h6-8H,2-5H2,1H3.